The maximum absolute atomic E-state index is 11.8. The summed E-state index contributed by atoms with van der Waals surface area (Å²) in [5.74, 6) is 1.84. The molecule has 0 aromatic heterocycles. The predicted molar refractivity (Wildman–Crippen MR) is 67.3 cm³/mol. The van der Waals surface area contributed by atoms with E-state index in [-0.39, 0.29) is 11.4 Å². The second-order valence-electron chi connectivity index (χ2n) is 6.17. The van der Waals surface area contributed by atoms with Crippen LogP contribution >= 0.6 is 0 Å². The van der Waals surface area contributed by atoms with Crippen molar-refractivity contribution in [3.63, 3.8) is 0 Å². The molecule has 2 atom stereocenters. The second kappa shape index (κ2) is 5.17. The summed E-state index contributed by atoms with van der Waals surface area (Å²) in [5.41, 5.74) is 0.101. The van der Waals surface area contributed by atoms with Crippen LogP contribution in [0.1, 0.15) is 40.5 Å². The van der Waals surface area contributed by atoms with Gasteiger partial charge in [-0.25, -0.2) is 0 Å². The van der Waals surface area contributed by atoms with E-state index in [4.69, 9.17) is 0 Å². The molecular weight excluding hydrogens is 200 g/mol. The van der Waals surface area contributed by atoms with Gasteiger partial charge in [0.1, 0.15) is 0 Å². The van der Waals surface area contributed by atoms with Crippen LogP contribution in [-0.4, -0.2) is 36.5 Å². The van der Waals surface area contributed by atoms with Crippen LogP contribution in [-0.2, 0) is 4.79 Å². The van der Waals surface area contributed by atoms with Crippen molar-refractivity contribution in [3.8, 4) is 0 Å². The van der Waals surface area contributed by atoms with E-state index in [0.717, 1.165) is 24.9 Å². The van der Waals surface area contributed by atoms with Crippen LogP contribution in [0, 0.1) is 11.8 Å². The van der Waals surface area contributed by atoms with Crippen molar-refractivity contribution >= 4 is 5.91 Å². The topological polar surface area (TPSA) is 32.3 Å². The molecule has 3 heteroatoms. The highest BCUT2D eigenvalue weighted by molar-refractivity contribution is 5.76. The van der Waals surface area contributed by atoms with Gasteiger partial charge in [0.2, 0.25) is 5.91 Å². The van der Waals surface area contributed by atoms with E-state index in [1.165, 1.54) is 6.42 Å². The molecule has 0 saturated heterocycles. The fraction of sp³-hybridized carbons (Fsp3) is 0.923. The molecule has 94 valence electrons. The van der Waals surface area contributed by atoms with Gasteiger partial charge in [-0.05, 0) is 39.0 Å². The molecular formula is C13H26N2O. The van der Waals surface area contributed by atoms with Gasteiger partial charge in [0.15, 0.2) is 0 Å². The smallest absolute Gasteiger partial charge is 0.223 e. The lowest BCUT2D eigenvalue weighted by molar-refractivity contribution is -0.130. The third kappa shape index (κ3) is 4.97. The Morgan fingerprint density at radius 2 is 2.00 bits per heavy atom. The van der Waals surface area contributed by atoms with Gasteiger partial charge in [0, 0.05) is 32.1 Å². The molecule has 1 rings (SSSR count). The molecule has 0 aliphatic heterocycles. The summed E-state index contributed by atoms with van der Waals surface area (Å²) in [6.07, 6.45) is 1.90. The third-order valence-electron chi connectivity index (χ3n) is 3.20. The van der Waals surface area contributed by atoms with Gasteiger partial charge in [-0.15, -0.1) is 0 Å². The molecule has 1 saturated carbocycles. The first-order chi connectivity index (χ1) is 7.29. The molecule has 0 aromatic carbocycles. The van der Waals surface area contributed by atoms with E-state index in [1.807, 2.05) is 11.9 Å². The number of amides is 1. The molecule has 1 amide bonds. The van der Waals surface area contributed by atoms with Crippen molar-refractivity contribution in [2.45, 2.75) is 46.1 Å². The minimum atomic E-state index is 0.101. The molecule has 0 radical (unpaired) electrons. The second-order valence-corrected chi connectivity index (χ2v) is 6.17. The van der Waals surface area contributed by atoms with Crippen LogP contribution in [0.4, 0.5) is 0 Å². The average molecular weight is 226 g/mol. The minimum absolute atomic E-state index is 0.101. The van der Waals surface area contributed by atoms with E-state index in [2.05, 4.69) is 33.0 Å². The zero-order chi connectivity index (χ0) is 12.3. The van der Waals surface area contributed by atoms with E-state index in [1.54, 1.807) is 0 Å². The number of carbonyl (C=O) groups is 1. The van der Waals surface area contributed by atoms with Crippen molar-refractivity contribution in [2.24, 2.45) is 11.8 Å². The molecule has 16 heavy (non-hydrogen) atoms. The van der Waals surface area contributed by atoms with Crippen LogP contribution in [0.5, 0.6) is 0 Å². The lowest BCUT2D eigenvalue weighted by atomic mass is 10.1. The summed E-state index contributed by atoms with van der Waals surface area (Å²) in [4.78, 5) is 13.7. The van der Waals surface area contributed by atoms with E-state index < -0.39 is 0 Å². The first-order valence-corrected chi connectivity index (χ1v) is 6.28. The van der Waals surface area contributed by atoms with Crippen LogP contribution in [0.3, 0.4) is 0 Å². The van der Waals surface area contributed by atoms with Crippen LogP contribution < -0.4 is 5.32 Å². The summed E-state index contributed by atoms with van der Waals surface area (Å²) in [7, 11) is 1.92. The van der Waals surface area contributed by atoms with Gasteiger partial charge in [-0.1, -0.05) is 6.92 Å². The van der Waals surface area contributed by atoms with Gasteiger partial charge in [0.05, 0.1) is 0 Å². The summed E-state index contributed by atoms with van der Waals surface area (Å²) >= 11 is 0. The Labute approximate surface area is 99.6 Å². The largest absolute Gasteiger partial charge is 0.345 e. The number of nitrogens with one attached hydrogen (secondary N) is 1. The highest BCUT2D eigenvalue weighted by atomic mass is 16.2. The lowest BCUT2D eigenvalue weighted by Gasteiger charge is -2.22. The Hall–Kier alpha value is -0.570. The summed E-state index contributed by atoms with van der Waals surface area (Å²) in [5, 5.41) is 3.34. The Balaban J connectivity index is 2.14. The summed E-state index contributed by atoms with van der Waals surface area (Å²) in [6, 6.07) is 0. The van der Waals surface area contributed by atoms with E-state index in [9.17, 15) is 4.79 Å². The number of rotatable bonds is 5. The van der Waals surface area contributed by atoms with Crippen molar-refractivity contribution < 1.29 is 4.79 Å². The fourth-order valence-corrected chi connectivity index (χ4v) is 1.84. The zero-order valence-electron chi connectivity index (χ0n) is 11.3. The molecule has 3 nitrogen and oxygen atoms in total. The van der Waals surface area contributed by atoms with Crippen LogP contribution in [0.2, 0.25) is 0 Å². The van der Waals surface area contributed by atoms with E-state index >= 15 is 0 Å². The van der Waals surface area contributed by atoms with Gasteiger partial charge < -0.3 is 10.2 Å². The zero-order valence-corrected chi connectivity index (χ0v) is 11.3. The first-order valence-electron chi connectivity index (χ1n) is 6.28. The number of carbonyl (C=O) groups excluding carboxylic acids is 1. The van der Waals surface area contributed by atoms with Crippen molar-refractivity contribution in [3.05, 3.63) is 0 Å². The predicted octanol–water partition coefficient (Wildman–Crippen LogP) is 1.88. The van der Waals surface area contributed by atoms with Gasteiger partial charge in [-0.2, -0.15) is 0 Å². The van der Waals surface area contributed by atoms with Gasteiger partial charge >= 0.3 is 0 Å². The molecule has 1 fully saturated rings. The molecule has 1 N–H and O–H groups in total. The SMILES string of the molecule is CC1CC1CN(C)C(=O)CCNC(C)(C)C. The normalized spacial score (nSPS) is 24.3. The number of nitrogens with zero attached hydrogens (tertiary/aromatic N) is 1. The highest BCUT2D eigenvalue weighted by Gasteiger charge is 2.33. The molecule has 2 unspecified atom stereocenters. The molecule has 1 aliphatic rings. The van der Waals surface area contributed by atoms with Gasteiger partial charge in [-0.3, -0.25) is 4.79 Å². The average Bonchev–Trinajstić information content (AvgIpc) is 2.79. The van der Waals surface area contributed by atoms with Crippen molar-refractivity contribution in [2.75, 3.05) is 20.1 Å². The standard InChI is InChI=1S/C13H26N2O/c1-10-8-11(10)9-15(5)12(16)6-7-14-13(2,3)4/h10-11,14H,6-9H2,1-5H3. The summed E-state index contributed by atoms with van der Waals surface area (Å²) < 4.78 is 0. The molecule has 0 heterocycles. The molecule has 1 aliphatic carbocycles. The molecule has 0 aromatic rings. The van der Waals surface area contributed by atoms with Gasteiger partial charge in [0.25, 0.3) is 0 Å². The Bertz CT molecular complexity index is 245. The molecule has 0 spiro atoms. The Kier molecular flexibility index (Phi) is 4.36. The highest BCUT2D eigenvalue weighted by Crippen LogP contribution is 2.37. The third-order valence-corrected chi connectivity index (χ3v) is 3.20. The quantitative estimate of drug-likeness (QED) is 0.776. The van der Waals surface area contributed by atoms with Crippen molar-refractivity contribution in [1.82, 2.24) is 10.2 Å². The monoisotopic (exact) mass is 226 g/mol. The van der Waals surface area contributed by atoms with Crippen molar-refractivity contribution in [1.29, 1.82) is 0 Å². The Morgan fingerprint density at radius 3 is 2.44 bits per heavy atom. The number of hydrogen-bond donors (Lipinski definition) is 1. The fourth-order valence-electron chi connectivity index (χ4n) is 1.84. The summed E-state index contributed by atoms with van der Waals surface area (Å²) in [6.45, 7) is 10.3. The lowest BCUT2D eigenvalue weighted by Crippen LogP contribution is -2.39. The minimum Gasteiger partial charge on any atom is -0.345 e. The van der Waals surface area contributed by atoms with E-state index in [0.29, 0.717) is 6.42 Å². The first kappa shape index (κ1) is 13.5. The Morgan fingerprint density at radius 1 is 1.44 bits per heavy atom. The maximum atomic E-state index is 11.8. The number of hydrogen-bond acceptors (Lipinski definition) is 2. The van der Waals surface area contributed by atoms with Crippen LogP contribution in [0.15, 0.2) is 0 Å². The maximum Gasteiger partial charge on any atom is 0.223 e. The molecule has 0 bridgehead atoms. The van der Waals surface area contributed by atoms with Crippen LogP contribution in [0.25, 0.3) is 0 Å².